The Morgan fingerprint density at radius 3 is 1.79 bits per heavy atom. The van der Waals surface area contributed by atoms with Gasteiger partial charge in [-0.3, -0.25) is 4.90 Å². The quantitative estimate of drug-likeness (QED) is 0.809. The maximum Gasteiger partial charge on any atom is 0.0237 e. The summed E-state index contributed by atoms with van der Waals surface area (Å²) in [6, 6.07) is 21.8. The van der Waals surface area contributed by atoms with Gasteiger partial charge in [0.15, 0.2) is 0 Å². The fourth-order valence-corrected chi connectivity index (χ4v) is 3.91. The van der Waals surface area contributed by atoms with Gasteiger partial charge in [0.2, 0.25) is 0 Å². The molecule has 0 bridgehead atoms. The van der Waals surface area contributed by atoms with E-state index < -0.39 is 0 Å². The SMILES string of the molecule is CCC1(CN(Cc2ccccc2)Cc2ccccc2)CCNCC1. The van der Waals surface area contributed by atoms with Gasteiger partial charge in [-0.15, -0.1) is 0 Å². The Labute approximate surface area is 146 Å². The Morgan fingerprint density at radius 2 is 1.33 bits per heavy atom. The molecule has 128 valence electrons. The molecule has 1 saturated heterocycles. The van der Waals surface area contributed by atoms with Crippen LogP contribution in [0.5, 0.6) is 0 Å². The standard InChI is InChI=1S/C22H30N2/c1-2-22(13-15-23-16-14-22)19-24(17-20-9-5-3-6-10-20)18-21-11-7-4-8-12-21/h3-12,23H,2,13-19H2,1H3. The third-order valence-electron chi connectivity index (χ3n) is 5.47. The molecule has 0 atom stereocenters. The summed E-state index contributed by atoms with van der Waals surface area (Å²) in [5.41, 5.74) is 3.29. The zero-order valence-corrected chi connectivity index (χ0v) is 14.9. The second kappa shape index (κ2) is 8.46. The van der Waals surface area contributed by atoms with Crippen LogP contribution >= 0.6 is 0 Å². The Kier molecular flexibility index (Phi) is 6.06. The van der Waals surface area contributed by atoms with Gasteiger partial charge in [-0.05, 0) is 48.9 Å². The average molecular weight is 322 g/mol. The van der Waals surface area contributed by atoms with E-state index in [-0.39, 0.29) is 0 Å². The highest BCUT2D eigenvalue weighted by atomic mass is 15.1. The van der Waals surface area contributed by atoms with E-state index in [9.17, 15) is 0 Å². The monoisotopic (exact) mass is 322 g/mol. The van der Waals surface area contributed by atoms with Crippen molar-refractivity contribution in [3.63, 3.8) is 0 Å². The Hall–Kier alpha value is -1.64. The summed E-state index contributed by atoms with van der Waals surface area (Å²) in [5.74, 6) is 0. The second-order valence-corrected chi connectivity index (χ2v) is 7.22. The maximum absolute atomic E-state index is 3.53. The molecule has 1 N–H and O–H groups in total. The highest BCUT2D eigenvalue weighted by Gasteiger charge is 2.32. The fourth-order valence-electron chi connectivity index (χ4n) is 3.91. The van der Waals surface area contributed by atoms with E-state index >= 15 is 0 Å². The molecular weight excluding hydrogens is 292 g/mol. The third-order valence-corrected chi connectivity index (χ3v) is 5.47. The largest absolute Gasteiger partial charge is 0.317 e. The van der Waals surface area contributed by atoms with Crippen molar-refractivity contribution in [2.75, 3.05) is 19.6 Å². The summed E-state index contributed by atoms with van der Waals surface area (Å²) in [7, 11) is 0. The zero-order chi connectivity index (χ0) is 16.7. The summed E-state index contributed by atoms with van der Waals surface area (Å²) in [6.07, 6.45) is 3.86. The van der Waals surface area contributed by atoms with Crippen molar-refractivity contribution in [1.29, 1.82) is 0 Å². The molecule has 0 unspecified atom stereocenters. The lowest BCUT2D eigenvalue weighted by Gasteiger charge is -2.41. The van der Waals surface area contributed by atoms with E-state index in [0.717, 1.165) is 13.1 Å². The molecule has 0 spiro atoms. The van der Waals surface area contributed by atoms with Crippen LogP contribution in [0.3, 0.4) is 0 Å². The first-order valence-electron chi connectivity index (χ1n) is 9.31. The molecule has 1 fully saturated rings. The van der Waals surface area contributed by atoms with E-state index in [1.165, 1.54) is 50.0 Å². The van der Waals surface area contributed by atoms with Gasteiger partial charge >= 0.3 is 0 Å². The van der Waals surface area contributed by atoms with Crippen molar-refractivity contribution in [3.05, 3.63) is 71.8 Å². The van der Waals surface area contributed by atoms with Gasteiger partial charge < -0.3 is 5.32 Å². The van der Waals surface area contributed by atoms with Crippen LogP contribution in [0.4, 0.5) is 0 Å². The molecule has 0 saturated carbocycles. The molecule has 2 heteroatoms. The predicted molar refractivity (Wildman–Crippen MR) is 102 cm³/mol. The molecule has 0 aliphatic carbocycles. The summed E-state index contributed by atoms with van der Waals surface area (Å²) in [6.45, 7) is 7.95. The minimum atomic E-state index is 0.467. The number of hydrogen-bond acceptors (Lipinski definition) is 2. The smallest absolute Gasteiger partial charge is 0.0237 e. The predicted octanol–water partition coefficient (Wildman–Crippen LogP) is 4.47. The Balaban J connectivity index is 1.75. The maximum atomic E-state index is 3.53. The minimum absolute atomic E-state index is 0.467. The first kappa shape index (κ1) is 17.2. The van der Waals surface area contributed by atoms with Crippen molar-refractivity contribution in [2.24, 2.45) is 5.41 Å². The van der Waals surface area contributed by atoms with E-state index in [1.54, 1.807) is 0 Å². The van der Waals surface area contributed by atoms with Gasteiger partial charge in [-0.1, -0.05) is 67.6 Å². The van der Waals surface area contributed by atoms with Crippen LogP contribution < -0.4 is 5.32 Å². The van der Waals surface area contributed by atoms with Gasteiger partial charge in [0, 0.05) is 19.6 Å². The molecule has 2 aromatic rings. The van der Waals surface area contributed by atoms with Crippen molar-refractivity contribution < 1.29 is 0 Å². The van der Waals surface area contributed by atoms with E-state index in [2.05, 4.69) is 77.8 Å². The minimum Gasteiger partial charge on any atom is -0.317 e. The van der Waals surface area contributed by atoms with Gasteiger partial charge in [0.05, 0.1) is 0 Å². The second-order valence-electron chi connectivity index (χ2n) is 7.22. The van der Waals surface area contributed by atoms with E-state index in [4.69, 9.17) is 0 Å². The van der Waals surface area contributed by atoms with Crippen LogP contribution in [-0.2, 0) is 13.1 Å². The van der Waals surface area contributed by atoms with Gasteiger partial charge in [-0.25, -0.2) is 0 Å². The number of rotatable bonds is 7. The number of piperidine rings is 1. The van der Waals surface area contributed by atoms with Crippen LogP contribution in [0.1, 0.15) is 37.3 Å². The summed E-state index contributed by atoms with van der Waals surface area (Å²) >= 11 is 0. The lowest BCUT2D eigenvalue weighted by Crippen LogP contribution is -2.44. The molecule has 24 heavy (non-hydrogen) atoms. The average Bonchev–Trinajstić information content (AvgIpc) is 2.64. The topological polar surface area (TPSA) is 15.3 Å². The van der Waals surface area contributed by atoms with Crippen LogP contribution in [0.2, 0.25) is 0 Å². The van der Waals surface area contributed by atoms with E-state index in [1.807, 2.05) is 0 Å². The number of nitrogens with one attached hydrogen (secondary N) is 1. The van der Waals surface area contributed by atoms with Gasteiger partial charge in [0.25, 0.3) is 0 Å². The summed E-state index contributed by atoms with van der Waals surface area (Å²) in [5, 5.41) is 3.53. The molecule has 0 radical (unpaired) electrons. The molecule has 2 aromatic carbocycles. The third kappa shape index (κ3) is 4.68. The molecule has 1 aliphatic rings. The molecule has 3 rings (SSSR count). The lowest BCUT2D eigenvalue weighted by atomic mass is 9.76. The number of benzene rings is 2. The molecule has 1 heterocycles. The van der Waals surface area contributed by atoms with Crippen LogP contribution in [-0.4, -0.2) is 24.5 Å². The van der Waals surface area contributed by atoms with Crippen LogP contribution in [0, 0.1) is 5.41 Å². The van der Waals surface area contributed by atoms with E-state index in [0.29, 0.717) is 5.41 Å². The number of hydrogen-bond donors (Lipinski definition) is 1. The Bertz CT molecular complexity index is 546. The van der Waals surface area contributed by atoms with Crippen molar-refractivity contribution >= 4 is 0 Å². The molecule has 2 nitrogen and oxygen atoms in total. The van der Waals surface area contributed by atoms with Crippen molar-refractivity contribution in [3.8, 4) is 0 Å². The Morgan fingerprint density at radius 1 is 0.833 bits per heavy atom. The summed E-state index contributed by atoms with van der Waals surface area (Å²) in [4.78, 5) is 2.65. The highest BCUT2D eigenvalue weighted by molar-refractivity contribution is 5.17. The zero-order valence-electron chi connectivity index (χ0n) is 14.9. The van der Waals surface area contributed by atoms with Gasteiger partial charge in [0.1, 0.15) is 0 Å². The first-order valence-corrected chi connectivity index (χ1v) is 9.31. The summed E-state index contributed by atoms with van der Waals surface area (Å²) < 4.78 is 0. The van der Waals surface area contributed by atoms with Crippen LogP contribution in [0.15, 0.2) is 60.7 Å². The normalized spacial score (nSPS) is 17.1. The molecule has 1 aliphatic heterocycles. The number of nitrogens with zero attached hydrogens (tertiary/aromatic N) is 1. The lowest BCUT2D eigenvalue weighted by molar-refractivity contribution is 0.0968. The fraction of sp³-hybridized carbons (Fsp3) is 0.455. The van der Waals surface area contributed by atoms with Gasteiger partial charge in [-0.2, -0.15) is 0 Å². The van der Waals surface area contributed by atoms with Crippen molar-refractivity contribution in [1.82, 2.24) is 10.2 Å². The molecular formula is C22H30N2. The first-order chi connectivity index (χ1) is 11.8. The van der Waals surface area contributed by atoms with Crippen molar-refractivity contribution in [2.45, 2.75) is 39.3 Å². The highest BCUT2D eigenvalue weighted by Crippen LogP contribution is 2.34. The molecule has 0 amide bonds. The van der Waals surface area contributed by atoms with Crippen LogP contribution in [0.25, 0.3) is 0 Å². The molecule has 0 aromatic heterocycles.